The summed E-state index contributed by atoms with van der Waals surface area (Å²) in [5, 5.41) is 5.79. The first kappa shape index (κ1) is 22.6. The van der Waals surface area contributed by atoms with Crippen molar-refractivity contribution in [3.8, 4) is 0 Å². The van der Waals surface area contributed by atoms with Gasteiger partial charge in [0.15, 0.2) is 5.13 Å². The van der Waals surface area contributed by atoms with Gasteiger partial charge in [0.2, 0.25) is 5.91 Å². The maximum Gasteiger partial charge on any atom is 0.229 e. The second kappa shape index (κ2) is 10.7. The van der Waals surface area contributed by atoms with Gasteiger partial charge >= 0.3 is 0 Å². The summed E-state index contributed by atoms with van der Waals surface area (Å²) in [6, 6.07) is 0.174. The molecule has 1 aliphatic heterocycles. The van der Waals surface area contributed by atoms with Gasteiger partial charge in [-0.2, -0.15) is 0 Å². The summed E-state index contributed by atoms with van der Waals surface area (Å²) < 4.78 is 0. The fraction of sp³-hybridized carbons (Fsp3) is 0.765. The van der Waals surface area contributed by atoms with E-state index >= 15 is 0 Å². The number of hydrogen-bond donors (Lipinski definition) is 2. The molecule has 1 saturated carbocycles. The molecule has 1 aromatic heterocycles. The third kappa shape index (κ3) is 6.68. The first-order chi connectivity index (χ1) is 11.1. The van der Waals surface area contributed by atoms with Crippen molar-refractivity contribution in [3.63, 3.8) is 0 Å². The van der Waals surface area contributed by atoms with Crippen LogP contribution >= 0.6 is 36.2 Å². The zero-order chi connectivity index (χ0) is 16.2. The lowest BCUT2D eigenvalue weighted by Gasteiger charge is -2.30. The van der Waals surface area contributed by atoms with Crippen LogP contribution < -0.4 is 11.1 Å². The average molecular weight is 409 g/mol. The van der Waals surface area contributed by atoms with Crippen molar-refractivity contribution in [2.75, 3.05) is 18.4 Å². The molecule has 2 fully saturated rings. The van der Waals surface area contributed by atoms with E-state index < -0.39 is 0 Å². The molecular weight excluding hydrogens is 379 g/mol. The van der Waals surface area contributed by atoms with Gasteiger partial charge in [-0.1, -0.05) is 13.3 Å². The van der Waals surface area contributed by atoms with E-state index in [4.69, 9.17) is 5.73 Å². The van der Waals surface area contributed by atoms with Crippen LogP contribution in [0.3, 0.4) is 0 Å². The van der Waals surface area contributed by atoms with E-state index in [0.717, 1.165) is 62.1 Å². The molecule has 3 N–H and O–H groups in total. The van der Waals surface area contributed by atoms with Gasteiger partial charge in [0.1, 0.15) is 0 Å². The van der Waals surface area contributed by atoms with Crippen LogP contribution in [0.1, 0.15) is 51.1 Å². The van der Waals surface area contributed by atoms with Crippen LogP contribution in [0.15, 0.2) is 5.38 Å². The lowest BCUT2D eigenvalue weighted by molar-refractivity contribution is -0.120. The molecule has 2 heterocycles. The zero-order valence-electron chi connectivity index (χ0n) is 14.8. The van der Waals surface area contributed by atoms with E-state index in [9.17, 15) is 4.79 Å². The highest BCUT2D eigenvalue weighted by atomic mass is 35.5. The molecule has 0 bridgehead atoms. The summed E-state index contributed by atoms with van der Waals surface area (Å²) in [4.78, 5) is 19.4. The number of thiazole rings is 1. The van der Waals surface area contributed by atoms with E-state index in [0.29, 0.717) is 0 Å². The van der Waals surface area contributed by atoms with Crippen LogP contribution in [0, 0.1) is 11.8 Å². The quantitative estimate of drug-likeness (QED) is 0.796. The van der Waals surface area contributed by atoms with Gasteiger partial charge < -0.3 is 11.1 Å². The minimum atomic E-state index is 0. The fourth-order valence-electron chi connectivity index (χ4n) is 3.77. The van der Waals surface area contributed by atoms with Crippen LogP contribution in [0.4, 0.5) is 5.13 Å². The van der Waals surface area contributed by atoms with Gasteiger partial charge in [0.25, 0.3) is 0 Å². The molecule has 1 aliphatic carbocycles. The highest BCUT2D eigenvalue weighted by molar-refractivity contribution is 7.13. The number of amides is 1. The second-order valence-electron chi connectivity index (χ2n) is 7.24. The fourth-order valence-corrected chi connectivity index (χ4v) is 4.47. The van der Waals surface area contributed by atoms with Crippen molar-refractivity contribution >= 4 is 47.2 Å². The van der Waals surface area contributed by atoms with Crippen LogP contribution in [-0.4, -0.2) is 34.9 Å². The molecule has 3 unspecified atom stereocenters. The van der Waals surface area contributed by atoms with Crippen LogP contribution in [0.2, 0.25) is 0 Å². The Morgan fingerprint density at radius 2 is 2.16 bits per heavy atom. The minimum absolute atomic E-state index is 0. The third-order valence-electron chi connectivity index (χ3n) is 4.99. The molecule has 1 amide bonds. The normalized spacial score (nSPS) is 27.0. The van der Waals surface area contributed by atoms with Crippen LogP contribution in [0.25, 0.3) is 0 Å². The van der Waals surface area contributed by atoms with E-state index in [1.54, 1.807) is 0 Å². The van der Waals surface area contributed by atoms with E-state index in [-0.39, 0.29) is 42.7 Å². The Kier molecular flexibility index (Phi) is 9.67. The molecule has 3 atom stereocenters. The van der Waals surface area contributed by atoms with Gasteiger partial charge in [0.05, 0.1) is 5.69 Å². The number of nitrogens with two attached hydrogens (primary N) is 1. The number of nitrogens with one attached hydrogen (secondary N) is 1. The Morgan fingerprint density at radius 3 is 2.88 bits per heavy atom. The van der Waals surface area contributed by atoms with Crippen molar-refractivity contribution in [3.05, 3.63) is 11.1 Å². The largest absolute Gasteiger partial charge is 0.328 e. The number of rotatable bonds is 4. The number of carbonyl (C=O) groups excluding carboxylic acids is 1. The van der Waals surface area contributed by atoms with E-state index in [1.807, 2.05) is 0 Å². The number of piperidine rings is 1. The molecule has 0 spiro atoms. The molecule has 1 saturated heterocycles. The number of aromatic nitrogens is 1. The predicted molar refractivity (Wildman–Crippen MR) is 109 cm³/mol. The van der Waals surface area contributed by atoms with Gasteiger partial charge in [-0.3, -0.25) is 9.69 Å². The Balaban J connectivity index is 0.00000156. The highest BCUT2D eigenvalue weighted by Gasteiger charge is 2.26. The topological polar surface area (TPSA) is 71.2 Å². The van der Waals surface area contributed by atoms with Crippen LogP contribution in [0.5, 0.6) is 0 Å². The number of hydrogen-bond acceptors (Lipinski definition) is 5. The lowest BCUT2D eigenvalue weighted by atomic mass is 9.86. The van der Waals surface area contributed by atoms with Crippen molar-refractivity contribution in [1.29, 1.82) is 0 Å². The molecule has 0 radical (unpaired) electrons. The van der Waals surface area contributed by atoms with Crippen LogP contribution in [-0.2, 0) is 11.3 Å². The summed E-state index contributed by atoms with van der Waals surface area (Å²) in [5.41, 5.74) is 7.05. The van der Waals surface area contributed by atoms with Gasteiger partial charge in [0, 0.05) is 30.4 Å². The minimum Gasteiger partial charge on any atom is -0.328 e. The molecule has 1 aromatic rings. The second-order valence-corrected chi connectivity index (χ2v) is 8.10. The molecule has 144 valence electrons. The predicted octanol–water partition coefficient (Wildman–Crippen LogP) is 3.67. The first-order valence-electron chi connectivity index (χ1n) is 8.83. The Hall–Kier alpha value is -0.400. The van der Waals surface area contributed by atoms with E-state index in [1.165, 1.54) is 24.2 Å². The number of nitrogens with zero attached hydrogens (tertiary/aromatic N) is 2. The Morgan fingerprint density at radius 1 is 1.36 bits per heavy atom. The number of likely N-dealkylation sites (tertiary alicyclic amines) is 1. The standard InChI is InChI=1S/C17H28N4OS.2ClH/c1-12-4-3-7-21(9-12)10-15-11-23-17(19-15)20-16(22)13-5-2-6-14(18)8-13;;/h11-14H,2-10,18H2,1H3,(H,19,20,22);2*1H. The number of carbonyl (C=O) groups is 1. The number of anilines is 1. The van der Waals surface area contributed by atoms with Gasteiger partial charge in [-0.05, 0) is 44.6 Å². The number of halogens is 2. The molecule has 2 aliphatic rings. The maximum absolute atomic E-state index is 12.3. The monoisotopic (exact) mass is 408 g/mol. The van der Waals surface area contributed by atoms with E-state index in [2.05, 4.69) is 27.5 Å². The average Bonchev–Trinajstić information content (AvgIpc) is 2.94. The summed E-state index contributed by atoms with van der Waals surface area (Å²) in [6.45, 7) is 5.52. The van der Waals surface area contributed by atoms with Crippen molar-refractivity contribution < 1.29 is 4.79 Å². The van der Waals surface area contributed by atoms with Crippen molar-refractivity contribution in [1.82, 2.24) is 9.88 Å². The molecule has 8 heteroatoms. The highest BCUT2D eigenvalue weighted by Crippen LogP contribution is 2.26. The van der Waals surface area contributed by atoms with Crippen molar-refractivity contribution in [2.45, 2.75) is 58.0 Å². The smallest absolute Gasteiger partial charge is 0.229 e. The zero-order valence-corrected chi connectivity index (χ0v) is 17.2. The molecule has 0 aromatic carbocycles. The Labute approximate surface area is 167 Å². The SMILES string of the molecule is CC1CCCN(Cc2csc(NC(=O)C3CCCC(N)C3)n2)C1.Cl.Cl. The van der Waals surface area contributed by atoms with Crippen molar-refractivity contribution in [2.24, 2.45) is 17.6 Å². The van der Waals surface area contributed by atoms with Gasteiger partial charge in [-0.25, -0.2) is 4.98 Å². The Bertz CT molecular complexity index is 542. The lowest BCUT2D eigenvalue weighted by Crippen LogP contribution is -2.34. The summed E-state index contributed by atoms with van der Waals surface area (Å²) in [5.74, 6) is 0.916. The maximum atomic E-state index is 12.3. The van der Waals surface area contributed by atoms with Gasteiger partial charge in [-0.15, -0.1) is 36.2 Å². The molecule has 3 rings (SSSR count). The summed E-state index contributed by atoms with van der Waals surface area (Å²) in [6.07, 6.45) is 6.45. The molecule has 5 nitrogen and oxygen atoms in total. The summed E-state index contributed by atoms with van der Waals surface area (Å²) >= 11 is 1.53. The molecule has 25 heavy (non-hydrogen) atoms. The summed E-state index contributed by atoms with van der Waals surface area (Å²) in [7, 11) is 0. The first-order valence-corrected chi connectivity index (χ1v) is 9.71. The third-order valence-corrected chi connectivity index (χ3v) is 5.80. The molecular formula is C17H30Cl2N4OS.